The number of rotatable bonds is 3. The maximum absolute atomic E-state index is 9.43. The maximum atomic E-state index is 9.43. The van der Waals surface area contributed by atoms with Gasteiger partial charge in [-0.05, 0) is 43.7 Å². The number of nitrogens with zero attached hydrogens (tertiary/aromatic N) is 4. The van der Waals surface area contributed by atoms with Crippen molar-refractivity contribution in [2.45, 2.75) is 25.9 Å². The molecule has 0 saturated carbocycles. The molecule has 0 radical (unpaired) electrons. The first-order valence-electron chi connectivity index (χ1n) is 8.01. The number of ether oxygens (including phenoxy) is 1. The van der Waals surface area contributed by atoms with E-state index < -0.39 is 5.60 Å². The van der Waals surface area contributed by atoms with Gasteiger partial charge in [-0.3, -0.25) is 0 Å². The molecule has 8 heteroatoms. The lowest BCUT2D eigenvalue weighted by molar-refractivity contribution is -0.00742. The highest BCUT2D eigenvalue weighted by Gasteiger charge is 2.37. The first-order valence-corrected chi connectivity index (χ1v) is 8.82. The summed E-state index contributed by atoms with van der Waals surface area (Å²) >= 11 is 1.49. The zero-order valence-corrected chi connectivity index (χ0v) is 15.0. The van der Waals surface area contributed by atoms with Crippen molar-refractivity contribution in [1.29, 1.82) is 0 Å². The Labute approximate surface area is 154 Å². The van der Waals surface area contributed by atoms with Crippen molar-refractivity contribution < 1.29 is 14.7 Å². The Balaban J connectivity index is 1.44. The molecule has 1 aromatic carbocycles. The molecule has 1 atom stereocenters. The quantitative estimate of drug-likeness (QED) is 0.759. The molecule has 0 bridgehead atoms. The van der Waals surface area contributed by atoms with E-state index in [-0.39, 0.29) is 5.75 Å². The molecule has 0 spiro atoms. The van der Waals surface area contributed by atoms with Crippen molar-refractivity contribution in [3.05, 3.63) is 53.2 Å². The lowest BCUT2D eigenvalue weighted by atomic mass is 9.93. The number of oxime groups is 1. The monoisotopic (exact) mass is 368 g/mol. The molecule has 26 heavy (non-hydrogen) atoms. The second kappa shape index (κ2) is 6.38. The van der Waals surface area contributed by atoms with Gasteiger partial charge in [0.25, 0.3) is 0 Å². The summed E-state index contributed by atoms with van der Waals surface area (Å²) < 4.78 is 5.79. The third-order valence-electron chi connectivity index (χ3n) is 4.03. The fourth-order valence-electron chi connectivity index (χ4n) is 2.63. The average Bonchev–Trinajstić information content (AvgIpc) is 3.23. The van der Waals surface area contributed by atoms with Crippen LogP contribution in [0.3, 0.4) is 0 Å². The molecule has 0 fully saturated rings. The zero-order chi connectivity index (χ0) is 18.1. The molecule has 1 aliphatic rings. The molecule has 1 N–H and O–H groups in total. The van der Waals surface area contributed by atoms with Crippen LogP contribution in [0.15, 0.2) is 47.8 Å². The molecule has 0 saturated heterocycles. The van der Waals surface area contributed by atoms with E-state index in [0.29, 0.717) is 18.1 Å². The van der Waals surface area contributed by atoms with Crippen molar-refractivity contribution in [1.82, 2.24) is 15.2 Å². The first kappa shape index (κ1) is 16.5. The van der Waals surface area contributed by atoms with Gasteiger partial charge in [0.2, 0.25) is 5.90 Å². The van der Waals surface area contributed by atoms with Gasteiger partial charge in [-0.2, -0.15) is 0 Å². The Morgan fingerprint density at radius 1 is 1.15 bits per heavy atom. The summed E-state index contributed by atoms with van der Waals surface area (Å²) in [5, 5.41) is 23.2. The van der Waals surface area contributed by atoms with E-state index in [1.54, 1.807) is 18.3 Å². The van der Waals surface area contributed by atoms with Crippen molar-refractivity contribution in [2.24, 2.45) is 5.16 Å². The molecule has 132 valence electrons. The van der Waals surface area contributed by atoms with Gasteiger partial charge < -0.3 is 14.7 Å². The van der Waals surface area contributed by atoms with Crippen LogP contribution in [0.25, 0.3) is 10.7 Å². The van der Waals surface area contributed by atoms with Crippen LogP contribution in [0.5, 0.6) is 11.5 Å². The highest BCUT2D eigenvalue weighted by Crippen LogP contribution is 2.35. The van der Waals surface area contributed by atoms with E-state index in [1.807, 2.05) is 38.1 Å². The van der Waals surface area contributed by atoms with Gasteiger partial charge in [0.1, 0.15) is 22.2 Å². The van der Waals surface area contributed by atoms with Crippen LogP contribution in [-0.4, -0.2) is 26.2 Å². The molecule has 3 heterocycles. The minimum absolute atomic E-state index is 0.213. The number of aromatic nitrogens is 3. The van der Waals surface area contributed by atoms with Crippen molar-refractivity contribution in [2.75, 3.05) is 0 Å². The zero-order valence-electron chi connectivity index (χ0n) is 14.2. The number of aryl methyl sites for hydroxylation is 1. The lowest BCUT2D eigenvalue weighted by Gasteiger charge is -2.21. The van der Waals surface area contributed by atoms with Crippen LogP contribution in [-0.2, 0) is 10.4 Å². The smallest absolute Gasteiger partial charge is 0.235 e. The number of hydrogen-bond donors (Lipinski definition) is 1. The first-order chi connectivity index (χ1) is 12.5. The Morgan fingerprint density at radius 3 is 2.62 bits per heavy atom. The third-order valence-corrected chi connectivity index (χ3v) is 4.89. The van der Waals surface area contributed by atoms with Crippen molar-refractivity contribution in [3.63, 3.8) is 0 Å². The number of phenolic OH excluding ortho intramolecular Hbond substituents is 1. The Bertz CT molecular complexity index is 953. The molecule has 7 nitrogen and oxygen atoms in total. The highest BCUT2D eigenvalue weighted by molar-refractivity contribution is 7.14. The Morgan fingerprint density at radius 2 is 1.96 bits per heavy atom. The van der Waals surface area contributed by atoms with Crippen LogP contribution in [0.1, 0.15) is 23.9 Å². The van der Waals surface area contributed by atoms with Gasteiger partial charge in [0, 0.05) is 0 Å². The summed E-state index contributed by atoms with van der Waals surface area (Å²) in [6, 6.07) is 10.5. The number of pyridine rings is 1. The molecule has 0 unspecified atom stereocenters. The number of benzene rings is 1. The van der Waals surface area contributed by atoms with E-state index in [4.69, 9.17) is 9.57 Å². The van der Waals surface area contributed by atoms with Crippen LogP contribution < -0.4 is 4.74 Å². The molecule has 2 aromatic heterocycles. The summed E-state index contributed by atoms with van der Waals surface area (Å²) in [5.41, 5.74) is 1.04. The molecule has 4 rings (SSSR count). The lowest BCUT2D eigenvalue weighted by Crippen LogP contribution is -2.23. The highest BCUT2D eigenvalue weighted by atomic mass is 32.1. The minimum atomic E-state index is -0.625. The van der Waals surface area contributed by atoms with Gasteiger partial charge >= 0.3 is 0 Å². The summed E-state index contributed by atoms with van der Waals surface area (Å²) in [7, 11) is 0. The fraction of sp³-hybridized carbons (Fsp3) is 0.222. The standard InChI is InChI=1S/C18H16N4O3S/c1-11-20-21-17(26-11)15-8-7-14(10-19-15)24-16-9-18(2,25-22-16)12-3-5-13(23)6-4-12/h3-8,10,23H,9H2,1-2H3/t18-/m1/s1. The topological polar surface area (TPSA) is 89.7 Å². The van der Waals surface area contributed by atoms with Crippen LogP contribution in [0, 0.1) is 6.92 Å². The summed E-state index contributed by atoms with van der Waals surface area (Å²) in [6.45, 7) is 3.83. The van der Waals surface area contributed by atoms with Crippen LogP contribution >= 0.6 is 11.3 Å². The Kier molecular flexibility index (Phi) is 4.04. The normalized spacial score (nSPS) is 19.1. The van der Waals surface area contributed by atoms with Gasteiger partial charge in [-0.15, -0.1) is 10.2 Å². The van der Waals surface area contributed by atoms with E-state index in [1.165, 1.54) is 11.3 Å². The van der Waals surface area contributed by atoms with Crippen LogP contribution in [0.2, 0.25) is 0 Å². The minimum Gasteiger partial charge on any atom is -0.508 e. The van der Waals surface area contributed by atoms with E-state index in [2.05, 4.69) is 20.3 Å². The number of hydrogen-bond acceptors (Lipinski definition) is 8. The van der Waals surface area contributed by atoms with Gasteiger partial charge in [-0.1, -0.05) is 28.6 Å². The second-order valence-corrected chi connectivity index (χ2v) is 7.32. The summed E-state index contributed by atoms with van der Waals surface area (Å²) in [5.74, 6) is 1.26. The van der Waals surface area contributed by atoms with E-state index in [9.17, 15) is 5.11 Å². The maximum Gasteiger partial charge on any atom is 0.235 e. The van der Waals surface area contributed by atoms with Gasteiger partial charge in [-0.25, -0.2) is 4.98 Å². The average molecular weight is 368 g/mol. The van der Waals surface area contributed by atoms with Gasteiger partial charge in [0.05, 0.1) is 12.6 Å². The third kappa shape index (κ3) is 3.23. The van der Waals surface area contributed by atoms with Crippen LogP contribution in [0.4, 0.5) is 0 Å². The molecule has 0 aliphatic carbocycles. The fourth-order valence-corrected chi connectivity index (χ4v) is 3.30. The second-order valence-electron chi connectivity index (χ2n) is 6.14. The van der Waals surface area contributed by atoms with Gasteiger partial charge in [0.15, 0.2) is 10.6 Å². The predicted octanol–water partition coefficient (Wildman–Crippen LogP) is 3.64. The van der Waals surface area contributed by atoms with Crippen molar-refractivity contribution >= 4 is 17.2 Å². The SMILES string of the molecule is Cc1nnc(-c2ccc(OC3=NO[C@@](C)(c4ccc(O)cc4)C3)cn2)s1. The molecular weight excluding hydrogens is 352 g/mol. The largest absolute Gasteiger partial charge is 0.508 e. The summed E-state index contributed by atoms with van der Waals surface area (Å²) in [4.78, 5) is 9.96. The number of phenols is 1. The molecule has 1 aliphatic heterocycles. The Hall–Kier alpha value is -3.00. The summed E-state index contributed by atoms with van der Waals surface area (Å²) in [6.07, 6.45) is 2.11. The molecule has 3 aromatic rings. The number of aromatic hydroxyl groups is 1. The predicted molar refractivity (Wildman–Crippen MR) is 97.1 cm³/mol. The van der Waals surface area contributed by atoms with E-state index >= 15 is 0 Å². The van der Waals surface area contributed by atoms with Crippen molar-refractivity contribution in [3.8, 4) is 22.2 Å². The van der Waals surface area contributed by atoms with E-state index in [0.717, 1.165) is 21.3 Å². The molecule has 0 amide bonds. The molecular formula is C18H16N4O3S.